The van der Waals surface area contributed by atoms with Gasteiger partial charge < -0.3 is 20.1 Å². The minimum Gasteiger partial charge on any atom is -0.507 e. The van der Waals surface area contributed by atoms with Crippen molar-refractivity contribution in [3.05, 3.63) is 57.6 Å². The summed E-state index contributed by atoms with van der Waals surface area (Å²) in [4.78, 5) is 27.4. The van der Waals surface area contributed by atoms with Gasteiger partial charge in [-0.05, 0) is 42.0 Å². The summed E-state index contributed by atoms with van der Waals surface area (Å²) >= 11 is 0. The monoisotopic (exact) mass is 479 g/mol. The van der Waals surface area contributed by atoms with Crippen molar-refractivity contribution in [2.45, 2.75) is 65.8 Å². The molecule has 0 bridgehead atoms. The van der Waals surface area contributed by atoms with Crippen molar-refractivity contribution in [2.75, 3.05) is 20.2 Å². The standard InChI is InChI=1S/C28H37N3O4/c1-9-35-23-13-17(26(34)30-8)10-18-19(23)14-31(25(18)29)15-22(32)16-11-20(27(2,3)4)24(33)21(12-16)28(5,6)7/h10-13,29,33H,9,14-15H2,1-8H3,(H,30,34). The fourth-order valence-electron chi connectivity index (χ4n) is 4.36. The molecule has 188 valence electrons. The zero-order chi connectivity index (χ0) is 26.3. The van der Waals surface area contributed by atoms with E-state index in [2.05, 4.69) is 5.32 Å². The Morgan fingerprint density at radius 3 is 2.09 bits per heavy atom. The van der Waals surface area contributed by atoms with Crippen LogP contribution in [0, 0.1) is 5.41 Å². The molecule has 2 aromatic carbocycles. The Balaban J connectivity index is 1.98. The fourth-order valence-corrected chi connectivity index (χ4v) is 4.36. The number of amides is 1. The summed E-state index contributed by atoms with van der Waals surface area (Å²) in [6.07, 6.45) is 0. The van der Waals surface area contributed by atoms with Crippen LogP contribution in [0.2, 0.25) is 0 Å². The summed E-state index contributed by atoms with van der Waals surface area (Å²) in [6.45, 7) is 14.7. The summed E-state index contributed by atoms with van der Waals surface area (Å²) in [7, 11) is 1.56. The minimum absolute atomic E-state index is 0.00628. The van der Waals surface area contributed by atoms with Gasteiger partial charge in [-0.25, -0.2) is 0 Å². The van der Waals surface area contributed by atoms with E-state index in [1.165, 1.54) is 0 Å². The summed E-state index contributed by atoms with van der Waals surface area (Å²) in [6, 6.07) is 6.91. The molecule has 0 saturated carbocycles. The van der Waals surface area contributed by atoms with Gasteiger partial charge in [0.25, 0.3) is 5.91 Å². The van der Waals surface area contributed by atoms with Crippen molar-refractivity contribution in [2.24, 2.45) is 0 Å². The molecule has 0 aromatic heterocycles. The second kappa shape index (κ2) is 9.36. The third kappa shape index (κ3) is 5.19. The molecule has 1 aliphatic rings. The lowest BCUT2D eigenvalue weighted by Gasteiger charge is -2.28. The Labute approximate surface area is 208 Å². The maximum Gasteiger partial charge on any atom is 0.251 e. The van der Waals surface area contributed by atoms with Gasteiger partial charge in [0.1, 0.15) is 17.3 Å². The number of rotatable bonds is 6. The predicted octanol–water partition coefficient (Wildman–Crippen LogP) is 4.77. The molecule has 3 N–H and O–H groups in total. The van der Waals surface area contributed by atoms with Crippen molar-refractivity contribution < 1.29 is 19.4 Å². The van der Waals surface area contributed by atoms with Crippen LogP contribution in [-0.2, 0) is 17.4 Å². The van der Waals surface area contributed by atoms with Crippen molar-refractivity contribution in [3.8, 4) is 11.5 Å². The van der Waals surface area contributed by atoms with Gasteiger partial charge in [0.2, 0.25) is 0 Å². The highest BCUT2D eigenvalue weighted by Crippen LogP contribution is 2.40. The number of amidine groups is 1. The molecule has 35 heavy (non-hydrogen) atoms. The minimum atomic E-state index is -0.348. The first-order chi connectivity index (χ1) is 16.2. The van der Waals surface area contributed by atoms with E-state index in [1.54, 1.807) is 36.2 Å². The molecule has 7 heteroatoms. The molecule has 1 heterocycles. The Hall–Kier alpha value is -3.35. The Morgan fingerprint density at radius 2 is 1.60 bits per heavy atom. The number of ketones is 1. The molecule has 1 aliphatic heterocycles. The second-order valence-corrected chi connectivity index (χ2v) is 11.1. The zero-order valence-electron chi connectivity index (χ0n) is 22.0. The number of phenolic OH excluding ortho intramolecular Hbond substituents is 1. The molecule has 0 aliphatic carbocycles. The van der Waals surface area contributed by atoms with Crippen LogP contribution in [0.5, 0.6) is 11.5 Å². The van der Waals surface area contributed by atoms with Gasteiger partial charge in [-0.15, -0.1) is 0 Å². The van der Waals surface area contributed by atoms with Gasteiger partial charge in [-0.1, -0.05) is 41.5 Å². The number of fused-ring (bicyclic) bond motifs is 1. The molecular formula is C28H37N3O4. The molecule has 7 nitrogen and oxygen atoms in total. The number of benzene rings is 2. The fraction of sp³-hybridized carbons (Fsp3) is 0.464. The highest BCUT2D eigenvalue weighted by Gasteiger charge is 2.32. The van der Waals surface area contributed by atoms with Crippen LogP contribution in [-0.4, -0.2) is 47.7 Å². The lowest BCUT2D eigenvalue weighted by Crippen LogP contribution is -2.31. The first-order valence-corrected chi connectivity index (χ1v) is 12.0. The van der Waals surface area contributed by atoms with E-state index in [9.17, 15) is 14.7 Å². The van der Waals surface area contributed by atoms with Crippen LogP contribution < -0.4 is 10.1 Å². The SMILES string of the molecule is CCOc1cc(C(=O)NC)cc2c1CN(CC(=O)c1cc(C(C)(C)C)c(O)c(C(C)(C)C)c1)C2=N. The maximum absolute atomic E-state index is 13.5. The van der Waals surface area contributed by atoms with E-state index < -0.39 is 0 Å². The molecule has 2 aromatic rings. The quantitative estimate of drug-likeness (QED) is 0.518. The number of nitrogens with zero attached hydrogens (tertiary/aromatic N) is 1. The number of ether oxygens (including phenoxy) is 1. The summed E-state index contributed by atoms with van der Waals surface area (Å²) in [5.74, 6) is 0.572. The normalized spacial score (nSPS) is 13.6. The maximum atomic E-state index is 13.5. The third-order valence-corrected chi connectivity index (χ3v) is 6.30. The average molecular weight is 480 g/mol. The van der Waals surface area contributed by atoms with E-state index in [0.29, 0.717) is 35.6 Å². The number of hydrogen-bond acceptors (Lipinski definition) is 5. The Bertz CT molecular complexity index is 1150. The first kappa shape index (κ1) is 26.3. The van der Waals surface area contributed by atoms with Crippen molar-refractivity contribution in [1.82, 2.24) is 10.2 Å². The number of carbonyl (C=O) groups excluding carboxylic acids is 2. The first-order valence-electron chi connectivity index (χ1n) is 12.0. The summed E-state index contributed by atoms with van der Waals surface area (Å²) in [5.41, 5.74) is 3.07. The molecule has 3 rings (SSSR count). The van der Waals surface area contributed by atoms with Crippen molar-refractivity contribution in [3.63, 3.8) is 0 Å². The molecular weight excluding hydrogens is 442 g/mol. The number of Topliss-reactive ketones (excluding diaryl/α,β-unsaturated/α-hetero) is 1. The van der Waals surface area contributed by atoms with Gasteiger partial charge in [-0.3, -0.25) is 15.0 Å². The topological polar surface area (TPSA) is 103 Å². The second-order valence-electron chi connectivity index (χ2n) is 11.1. The smallest absolute Gasteiger partial charge is 0.251 e. The molecule has 0 radical (unpaired) electrons. The van der Waals surface area contributed by atoms with Crippen molar-refractivity contribution >= 4 is 17.5 Å². The van der Waals surface area contributed by atoms with Crippen molar-refractivity contribution in [1.29, 1.82) is 5.41 Å². The lowest BCUT2D eigenvalue weighted by molar-refractivity contribution is 0.0954. The zero-order valence-corrected chi connectivity index (χ0v) is 22.0. The summed E-state index contributed by atoms with van der Waals surface area (Å²) < 4.78 is 5.77. The van der Waals surface area contributed by atoms with Gasteiger partial charge in [0.05, 0.1) is 13.2 Å². The molecule has 0 atom stereocenters. The van der Waals surface area contributed by atoms with Crippen LogP contribution >= 0.6 is 0 Å². The van der Waals surface area contributed by atoms with Crippen LogP contribution in [0.25, 0.3) is 0 Å². The third-order valence-electron chi connectivity index (χ3n) is 6.30. The number of aromatic hydroxyl groups is 1. The predicted molar refractivity (Wildman–Crippen MR) is 138 cm³/mol. The number of nitrogens with one attached hydrogen (secondary N) is 2. The van der Waals surface area contributed by atoms with E-state index in [4.69, 9.17) is 10.1 Å². The molecule has 0 fully saturated rings. The highest BCUT2D eigenvalue weighted by atomic mass is 16.5. The Morgan fingerprint density at radius 1 is 1.03 bits per heavy atom. The largest absolute Gasteiger partial charge is 0.507 e. The molecule has 0 saturated heterocycles. The van der Waals surface area contributed by atoms with Crippen LogP contribution in [0.3, 0.4) is 0 Å². The molecule has 1 amide bonds. The van der Waals surface area contributed by atoms with E-state index in [-0.39, 0.29) is 40.7 Å². The van der Waals surface area contributed by atoms with Crippen LogP contribution in [0.15, 0.2) is 24.3 Å². The van der Waals surface area contributed by atoms with Gasteiger partial charge in [0, 0.05) is 47.0 Å². The number of carbonyl (C=O) groups is 2. The van der Waals surface area contributed by atoms with Gasteiger partial charge >= 0.3 is 0 Å². The molecule has 0 unspecified atom stereocenters. The van der Waals surface area contributed by atoms with Crippen LogP contribution in [0.4, 0.5) is 0 Å². The lowest BCUT2D eigenvalue weighted by atomic mass is 9.78. The highest BCUT2D eigenvalue weighted by molar-refractivity contribution is 6.07. The van der Waals surface area contributed by atoms with E-state index in [0.717, 1.165) is 16.7 Å². The number of phenols is 1. The molecule has 0 spiro atoms. The van der Waals surface area contributed by atoms with Gasteiger partial charge in [-0.2, -0.15) is 0 Å². The van der Waals surface area contributed by atoms with E-state index in [1.807, 2.05) is 48.5 Å². The average Bonchev–Trinajstić information content (AvgIpc) is 3.07. The van der Waals surface area contributed by atoms with Gasteiger partial charge in [0.15, 0.2) is 5.78 Å². The summed E-state index contributed by atoms with van der Waals surface area (Å²) in [5, 5.41) is 22.3. The Kier molecular flexibility index (Phi) is 7.02. The van der Waals surface area contributed by atoms with E-state index >= 15 is 0 Å². The number of hydrogen-bond donors (Lipinski definition) is 3. The van der Waals surface area contributed by atoms with Crippen LogP contribution in [0.1, 0.15) is 91.4 Å².